The lowest BCUT2D eigenvalue weighted by Gasteiger charge is -2.37. The molecule has 1 saturated heterocycles. The van der Waals surface area contributed by atoms with Gasteiger partial charge in [0.25, 0.3) is 5.91 Å². The van der Waals surface area contributed by atoms with E-state index in [9.17, 15) is 4.79 Å². The fraction of sp³-hybridized carbons (Fsp3) is 0.233. The van der Waals surface area contributed by atoms with Crippen molar-refractivity contribution in [3.63, 3.8) is 0 Å². The maximum absolute atomic E-state index is 13.7. The Hall–Kier alpha value is -4.21. The van der Waals surface area contributed by atoms with E-state index in [2.05, 4.69) is 33.9 Å². The van der Waals surface area contributed by atoms with Crippen molar-refractivity contribution < 1.29 is 4.79 Å². The molecule has 0 saturated carbocycles. The smallest absolute Gasteiger partial charge is 0.274 e. The standard InChI is InChI=1S/C30H29N7OS/c1-20(2)36-15-17-37(18-16-36)26-19-25(32-27(35-26)21-9-4-3-5-10-21)28(38)33-23-12-7-6-11-22(23)29-34-24-13-8-14-31-30(24)39-29/h3-14,19-20H,15-18H2,1-2H3,(H,33,38). The van der Waals surface area contributed by atoms with Crippen molar-refractivity contribution in [2.24, 2.45) is 0 Å². The Labute approximate surface area is 231 Å². The third kappa shape index (κ3) is 5.36. The normalized spacial score (nSPS) is 14.2. The number of pyridine rings is 1. The van der Waals surface area contributed by atoms with E-state index in [1.54, 1.807) is 12.3 Å². The quantitative estimate of drug-likeness (QED) is 0.303. The predicted molar refractivity (Wildman–Crippen MR) is 157 cm³/mol. The minimum Gasteiger partial charge on any atom is -0.354 e. The Morgan fingerprint density at radius 1 is 0.897 bits per heavy atom. The number of para-hydroxylation sites is 1. The van der Waals surface area contributed by atoms with Gasteiger partial charge in [-0.05, 0) is 38.1 Å². The third-order valence-corrected chi connectivity index (χ3v) is 7.93. The van der Waals surface area contributed by atoms with Gasteiger partial charge in [-0.15, -0.1) is 0 Å². The molecular weight excluding hydrogens is 506 g/mol. The topological polar surface area (TPSA) is 87.1 Å². The van der Waals surface area contributed by atoms with E-state index in [0.717, 1.165) is 58.5 Å². The molecule has 5 aromatic rings. The highest BCUT2D eigenvalue weighted by atomic mass is 32.1. The number of benzene rings is 2. The molecule has 1 aliphatic rings. The number of hydrogen-bond acceptors (Lipinski definition) is 8. The number of nitrogens with one attached hydrogen (secondary N) is 1. The van der Waals surface area contributed by atoms with Crippen molar-refractivity contribution >= 4 is 39.1 Å². The van der Waals surface area contributed by atoms with E-state index >= 15 is 0 Å². The first-order valence-electron chi connectivity index (χ1n) is 13.1. The Kier molecular flexibility index (Phi) is 7.00. The molecule has 1 N–H and O–H groups in total. The molecule has 0 unspecified atom stereocenters. The van der Waals surface area contributed by atoms with Crippen LogP contribution in [-0.4, -0.2) is 63.0 Å². The molecule has 39 heavy (non-hydrogen) atoms. The Morgan fingerprint density at radius 2 is 1.67 bits per heavy atom. The van der Waals surface area contributed by atoms with Crippen molar-refractivity contribution in [1.29, 1.82) is 0 Å². The number of hydrogen-bond donors (Lipinski definition) is 1. The van der Waals surface area contributed by atoms with Crippen molar-refractivity contribution in [1.82, 2.24) is 24.8 Å². The SMILES string of the molecule is CC(C)N1CCN(c2cc(C(=O)Nc3ccccc3-c3nc4cccnc4s3)nc(-c3ccccc3)n2)CC1. The molecule has 1 fully saturated rings. The van der Waals surface area contributed by atoms with Gasteiger partial charge in [-0.3, -0.25) is 9.69 Å². The van der Waals surface area contributed by atoms with E-state index < -0.39 is 0 Å². The molecule has 0 aliphatic carbocycles. The van der Waals surface area contributed by atoms with Crippen LogP contribution in [0.5, 0.6) is 0 Å². The highest BCUT2D eigenvalue weighted by Crippen LogP contribution is 2.34. The maximum Gasteiger partial charge on any atom is 0.274 e. The van der Waals surface area contributed by atoms with Gasteiger partial charge in [0.1, 0.15) is 26.9 Å². The summed E-state index contributed by atoms with van der Waals surface area (Å²) in [7, 11) is 0. The van der Waals surface area contributed by atoms with Gasteiger partial charge in [0.15, 0.2) is 5.82 Å². The van der Waals surface area contributed by atoms with Gasteiger partial charge in [0.2, 0.25) is 0 Å². The average Bonchev–Trinajstić information content (AvgIpc) is 3.42. The molecule has 1 amide bonds. The van der Waals surface area contributed by atoms with Crippen LogP contribution in [0.25, 0.3) is 32.3 Å². The van der Waals surface area contributed by atoms with Crippen LogP contribution in [-0.2, 0) is 0 Å². The molecule has 2 aromatic carbocycles. The van der Waals surface area contributed by atoms with Gasteiger partial charge < -0.3 is 10.2 Å². The van der Waals surface area contributed by atoms with E-state index in [-0.39, 0.29) is 5.91 Å². The van der Waals surface area contributed by atoms with Crippen molar-refractivity contribution in [3.8, 4) is 22.0 Å². The van der Waals surface area contributed by atoms with Crippen LogP contribution in [0.3, 0.4) is 0 Å². The number of thiazole rings is 1. The third-order valence-electron chi connectivity index (χ3n) is 6.92. The summed E-state index contributed by atoms with van der Waals surface area (Å²) in [5.74, 6) is 1.02. The minimum absolute atomic E-state index is 0.289. The second-order valence-electron chi connectivity index (χ2n) is 9.76. The van der Waals surface area contributed by atoms with Crippen LogP contribution >= 0.6 is 11.3 Å². The minimum atomic E-state index is -0.289. The van der Waals surface area contributed by atoms with E-state index in [1.807, 2.05) is 66.7 Å². The Bertz CT molecular complexity index is 1580. The largest absolute Gasteiger partial charge is 0.354 e. The first-order valence-corrected chi connectivity index (χ1v) is 13.9. The summed E-state index contributed by atoms with van der Waals surface area (Å²) < 4.78 is 0. The first kappa shape index (κ1) is 25.1. The number of fused-ring (bicyclic) bond motifs is 1. The van der Waals surface area contributed by atoms with Gasteiger partial charge in [0, 0.05) is 55.6 Å². The van der Waals surface area contributed by atoms with Crippen molar-refractivity contribution in [3.05, 3.63) is 84.7 Å². The Morgan fingerprint density at radius 3 is 2.44 bits per heavy atom. The number of carbonyl (C=O) groups is 1. The number of carbonyl (C=O) groups excluding carboxylic acids is 1. The number of piperazine rings is 1. The molecule has 9 heteroatoms. The van der Waals surface area contributed by atoms with Crippen LogP contribution in [0, 0.1) is 0 Å². The highest BCUT2D eigenvalue weighted by Gasteiger charge is 2.23. The first-order chi connectivity index (χ1) is 19.0. The zero-order chi connectivity index (χ0) is 26.8. The molecule has 0 radical (unpaired) electrons. The number of aromatic nitrogens is 4. The lowest BCUT2D eigenvalue weighted by Crippen LogP contribution is -2.49. The number of anilines is 2. The second kappa shape index (κ2) is 10.9. The van der Waals surface area contributed by atoms with E-state index in [4.69, 9.17) is 15.0 Å². The van der Waals surface area contributed by atoms with Crippen LogP contribution in [0.1, 0.15) is 24.3 Å². The molecular formula is C30H29N7OS. The summed E-state index contributed by atoms with van der Waals surface area (Å²) in [5, 5.41) is 3.89. The molecule has 4 heterocycles. The molecule has 1 aliphatic heterocycles. The number of nitrogens with zero attached hydrogens (tertiary/aromatic N) is 6. The van der Waals surface area contributed by atoms with Gasteiger partial charge in [-0.2, -0.15) is 0 Å². The summed E-state index contributed by atoms with van der Waals surface area (Å²) in [6.07, 6.45) is 1.76. The summed E-state index contributed by atoms with van der Waals surface area (Å²) >= 11 is 1.50. The summed E-state index contributed by atoms with van der Waals surface area (Å²) in [6.45, 7) is 8.04. The number of amides is 1. The molecule has 8 nitrogen and oxygen atoms in total. The second-order valence-corrected chi connectivity index (χ2v) is 10.7. The van der Waals surface area contributed by atoms with Gasteiger partial charge >= 0.3 is 0 Å². The average molecular weight is 536 g/mol. The van der Waals surface area contributed by atoms with Gasteiger partial charge in [-0.1, -0.05) is 53.8 Å². The lowest BCUT2D eigenvalue weighted by molar-refractivity contribution is 0.102. The van der Waals surface area contributed by atoms with Crippen LogP contribution in [0.2, 0.25) is 0 Å². The summed E-state index contributed by atoms with van der Waals surface area (Å²) in [5.41, 5.74) is 3.55. The van der Waals surface area contributed by atoms with E-state index in [0.29, 0.717) is 23.2 Å². The van der Waals surface area contributed by atoms with Gasteiger partial charge in [0.05, 0.1) is 5.69 Å². The molecule has 0 atom stereocenters. The zero-order valence-electron chi connectivity index (χ0n) is 21.9. The van der Waals surface area contributed by atoms with Crippen LogP contribution in [0.15, 0.2) is 79.0 Å². The monoisotopic (exact) mass is 535 g/mol. The molecule has 196 valence electrons. The number of rotatable bonds is 6. The van der Waals surface area contributed by atoms with E-state index in [1.165, 1.54) is 11.3 Å². The zero-order valence-corrected chi connectivity index (χ0v) is 22.7. The van der Waals surface area contributed by atoms with Gasteiger partial charge in [-0.25, -0.2) is 19.9 Å². The molecule has 3 aromatic heterocycles. The molecule has 0 bridgehead atoms. The fourth-order valence-electron chi connectivity index (χ4n) is 4.75. The predicted octanol–water partition coefficient (Wildman–Crippen LogP) is 5.60. The van der Waals surface area contributed by atoms with Crippen LogP contribution < -0.4 is 10.2 Å². The molecule has 0 spiro atoms. The molecule has 6 rings (SSSR count). The van der Waals surface area contributed by atoms with Crippen molar-refractivity contribution in [2.75, 3.05) is 36.4 Å². The summed E-state index contributed by atoms with van der Waals surface area (Å²) in [6, 6.07) is 23.6. The lowest BCUT2D eigenvalue weighted by atomic mass is 10.1. The highest BCUT2D eigenvalue weighted by molar-refractivity contribution is 7.21. The Balaban J connectivity index is 1.33. The fourth-order valence-corrected chi connectivity index (χ4v) is 5.69. The van der Waals surface area contributed by atoms with Crippen LogP contribution in [0.4, 0.5) is 11.5 Å². The van der Waals surface area contributed by atoms with Crippen molar-refractivity contribution in [2.45, 2.75) is 19.9 Å². The maximum atomic E-state index is 13.7. The summed E-state index contributed by atoms with van der Waals surface area (Å²) in [4.78, 5) is 38.0.